The summed E-state index contributed by atoms with van der Waals surface area (Å²) in [5.74, 6) is -1.69. The first-order chi connectivity index (χ1) is 8.27. The number of benzene rings is 1. The lowest BCUT2D eigenvalue weighted by atomic mass is 10.1. The number of rotatable bonds is 1. The van der Waals surface area contributed by atoms with E-state index >= 15 is 0 Å². The molecule has 1 aromatic carbocycles. The normalized spacial score (nSPS) is 10.9. The molecule has 0 atom stereocenters. The molecule has 0 aliphatic heterocycles. The standard InChI is InChI=1S/C13H8F2N2/c14-11-5-3-4-9(13(11)15)10-8-16-17-7-2-1-6-12(10)17/h1-8H. The van der Waals surface area contributed by atoms with Gasteiger partial charge in [0.2, 0.25) is 0 Å². The molecule has 0 aliphatic rings. The molecule has 17 heavy (non-hydrogen) atoms. The average molecular weight is 230 g/mol. The van der Waals surface area contributed by atoms with Crippen LogP contribution in [0.5, 0.6) is 0 Å². The first kappa shape index (κ1) is 9.96. The highest BCUT2D eigenvalue weighted by molar-refractivity contribution is 5.80. The Kier molecular flexibility index (Phi) is 2.14. The van der Waals surface area contributed by atoms with Crippen molar-refractivity contribution in [1.82, 2.24) is 9.61 Å². The smallest absolute Gasteiger partial charge is 0.166 e. The molecular formula is C13H8F2N2. The Morgan fingerprint density at radius 1 is 0.941 bits per heavy atom. The Morgan fingerprint density at radius 3 is 2.71 bits per heavy atom. The molecule has 0 aliphatic carbocycles. The molecule has 84 valence electrons. The van der Waals surface area contributed by atoms with E-state index in [2.05, 4.69) is 5.10 Å². The average Bonchev–Trinajstić information content (AvgIpc) is 2.77. The Balaban J connectivity index is 2.31. The van der Waals surface area contributed by atoms with Gasteiger partial charge in [-0.1, -0.05) is 18.2 Å². The molecule has 4 heteroatoms. The van der Waals surface area contributed by atoms with Gasteiger partial charge in [0.15, 0.2) is 11.6 Å². The van der Waals surface area contributed by atoms with E-state index in [0.29, 0.717) is 5.56 Å². The van der Waals surface area contributed by atoms with Crippen molar-refractivity contribution in [2.75, 3.05) is 0 Å². The summed E-state index contributed by atoms with van der Waals surface area (Å²) in [6, 6.07) is 9.60. The third-order valence-electron chi connectivity index (χ3n) is 2.67. The third-order valence-corrected chi connectivity index (χ3v) is 2.67. The van der Waals surface area contributed by atoms with Crippen molar-refractivity contribution < 1.29 is 8.78 Å². The zero-order valence-electron chi connectivity index (χ0n) is 8.77. The van der Waals surface area contributed by atoms with Crippen LogP contribution in [0.4, 0.5) is 8.78 Å². The topological polar surface area (TPSA) is 17.3 Å². The number of halogens is 2. The fraction of sp³-hybridized carbons (Fsp3) is 0. The highest BCUT2D eigenvalue weighted by Gasteiger charge is 2.13. The Morgan fingerprint density at radius 2 is 1.82 bits per heavy atom. The van der Waals surface area contributed by atoms with Crippen LogP contribution in [0, 0.1) is 11.6 Å². The molecule has 3 rings (SSSR count). The van der Waals surface area contributed by atoms with Crippen LogP contribution in [0.1, 0.15) is 0 Å². The largest absolute Gasteiger partial charge is 0.240 e. The van der Waals surface area contributed by atoms with E-state index in [1.165, 1.54) is 12.3 Å². The molecule has 2 heterocycles. The first-order valence-electron chi connectivity index (χ1n) is 5.14. The van der Waals surface area contributed by atoms with E-state index < -0.39 is 11.6 Å². The maximum atomic E-state index is 13.7. The van der Waals surface area contributed by atoms with Gasteiger partial charge in [-0.2, -0.15) is 5.10 Å². The van der Waals surface area contributed by atoms with Gasteiger partial charge in [-0.3, -0.25) is 0 Å². The number of hydrogen-bond acceptors (Lipinski definition) is 1. The maximum Gasteiger partial charge on any atom is 0.166 e. The van der Waals surface area contributed by atoms with Gasteiger partial charge < -0.3 is 0 Å². The van der Waals surface area contributed by atoms with Crippen molar-refractivity contribution >= 4 is 5.52 Å². The molecule has 2 aromatic heterocycles. The Hall–Kier alpha value is -2.23. The summed E-state index contributed by atoms with van der Waals surface area (Å²) in [7, 11) is 0. The summed E-state index contributed by atoms with van der Waals surface area (Å²) < 4.78 is 28.5. The fourth-order valence-corrected chi connectivity index (χ4v) is 1.85. The molecule has 3 aromatic rings. The van der Waals surface area contributed by atoms with Crippen molar-refractivity contribution in [2.45, 2.75) is 0 Å². The minimum Gasteiger partial charge on any atom is -0.240 e. The van der Waals surface area contributed by atoms with E-state index in [1.807, 2.05) is 18.2 Å². The van der Waals surface area contributed by atoms with Gasteiger partial charge >= 0.3 is 0 Å². The quantitative estimate of drug-likeness (QED) is 0.627. The number of fused-ring (bicyclic) bond motifs is 1. The molecule has 0 radical (unpaired) electrons. The number of nitrogens with zero attached hydrogens (tertiary/aromatic N) is 2. The van der Waals surface area contributed by atoms with Crippen LogP contribution < -0.4 is 0 Å². The summed E-state index contributed by atoms with van der Waals surface area (Å²) in [5.41, 5.74) is 1.56. The van der Waals surface area contributed by atoms with Crippen LogP contribution in [0.25, 0.3) is 16.6 Å². The Bertz CT molecular complexity index is 689. The van der Waals surface area contributed by atoms with Crippen LogP contribution in [0.3, 0.4) is 0 Å². The molecule has 2 nitrogen and oxygen atoms in total. The van der Waals surface area contributed by atoms with Crippen LogP contribution >= 0.6 is 0 Å². The van der Waals surface area contributed by atoms with E-state index in [-0.39, 0.29) is 5.56 Å². The van der Waals surface area contributed by atoms with Gasteiger partial charge in [-0.15, -0.1) is 0 Å². The highest BCUT2D eigenvalue weighted by Crippen LogP contribution is 2.27. The monoisotopic (exact) mass is 230 g/mol. The van der Waals surface area contributed by atoms with E-state index in [0.717, 1.165) is 11.6 Å². The molecule has 0 amide bonds. The number of pyridine rings is 1. The number of hydrogen-bond donors (Lipinski definition) is 0. The van der Waals surface area contributed by atoms with Crippen molar-refractivity contribution in [3.8, 4) is 11.1 Å². The van der Waals surface area contributed by atoms with Gasteiger partial charge in [0.1, 0.15) is 0 Å². The van der Waals surface area contributed by atoms with Gasteiger partial charge in [0.25, 0.3) is 0 Å². The molecule has 0 spiro atoms. The van der Waals surface area contributed by atoms with Crippen molar-refractivity contribution in [3.63, 3.8) is 0 Å². The Labute approximate surface area is 96.1 Å². The summed E-state index contributed by atoms with van der Waals surface area (Å²) in [6.45, 7) is 0. The molecule has 0 saturated heterocycles. The minimum atomic E-state index is -0.849. The van der Waals surface area contributed by atoms with Crippen LogP contribution in [0.15, 0.2) is 48.8 Å². The molecule has 0 N–H and O–H groups in total. The molecule has 0 saturated carbocycles. The fourth-order valence-electron chi connectivity index (χ4n) is 1.85. The zero-order valence-corrected chi connectivity index (χ0v) is 8.77. The van der Waals surface area contributed by atoms with E-state index in [4.69, 9.17) is 0 Å². The molecule has 0 fully saturated rings. The molecule has 0 bridgehead atoms. The lowest BCUT2D eigenvalue weighted by Gasteiger charge is -2.01. The summed E-state index contributed by atoms with van der Waals surface area (Å²) in [5, 5.41) is 4.09. The van der Waals surface area contributed by atoms with Gasteiger partial charge in [0, 0.05) is 17.3 Å². The second kappa shape index (κ2) is 3.66. The number of aromatic nitrogens is 2. The summed E-state index contributed by atoms with van der Waals surface area (Å²) in [6.07, 6.45) is 3.29. The molecular weight excluding hydrogens is 222 g/mol. The summed E-state index contributed by atoms with van der Waals surface area (Å²) in [4.78, 5) is 0. The first-order valence-corrected chi connectivity index (χ1v) is 5.14. The third kappa shape index (κ3) is 1.49. The van der Waals surface area contributed by atoms with Crippen LogP contribution in [-0.4, -0.2) is 9.61 Å². The summed E-state index contributed by atoms with van der Waals surface area (Å²) >= 11 is 0. The lowest BCUT2D eigenvalue weighted by Crippen LogP contribution is -1.89. The van der Waals surface area contributed by atoms with Crippen molar-refractivity contribution in [2.24, 2.45) is 0 Å². The van der Waals surface area contributed by atoms with Gasteiger partial charge in [0.05, 0.1) is 11.7 Å². The SMILES string of the molecule is Fc1cccc(-c2cnn3ccccc23)c1F. The maximum absolute atomic E-state index is 13.7. The van der Waals surface area contributed by atoms with Crippen molar-refractivity contribution in [1.29, 1.82) is 0 Å². The second-order valence-corrected chi connectivity index (χ2v) is 3.69. The lowest BCUT2D eigenvalue weighted by molar-refractivity contribution is 0.511. The molecule has 0 unspecified atom stereocenters. The zero-order chi connectivity index (χ0) is 11.8. The van der Waals surface area contributed by atoms with E-state index in [9.17, 15) is 8.78 Å². The highest BCUT2D eigenvalue weighted by atomic mass is 19.2. The predicted octanol–water partition coefficient (Wildman–Crippen LogP) is 3.28. The minimum absolute atomic E-state index is 0.228. The van der Waals surface area contributed by atoms with Crippen molar-refractivity contribution in [3.05, 3.63) is 60.4 Å². The van der Waals surface area contributed by atoms with Gasteiger partial charge in [-0.25, -0.2) is 13.3 Å². The van der Waals surface area contributed by atoms with Crippen LogP contribution in [-0.2, 0) is 0 Å². The van der Waals surface area contributed by atoms with E-state index in [1.54, 1.807) is 16.8 Å². The van der Waals surface area contributed by atoms with Gasteiger partial charge in [-0.05, 0) is 18.2 Å². The predicted molar refractivity (Wildman–Crippen MR) is 60.5 cm³/mol. The second-order valence-electron chi connectivity index (χ2n) is 3.69. The van der Waals surface area contributed by atoms with Crippen LogP contribution in [0.2, 0.25) is 0 Å².